The second kappa shape index (κ2) is 9.70. The van der Waals surface area contributed by atoms with E-state index in [9.17, 15) is 0 Å². The van der Waals surface area contributed by atoms with Crippen LogP contribution in [0.4, 0.5) is 5.95 Å². The largest absolute Gasteiger partial charge is 0.497 e. The standard InChI is InChI=1S/C27H32N6O2/c1-34-23-10-9-20-11-12-32(17-21(20)14-23)18-22-16-29-27(28-15-19-6-3-2-4-7-19)33-26(22)30-25(31-33)24-8-5-13-35-24/h5,8-10,13-14,16,19H,2-4,6-7,11-12,15,17-18H2,1H3,(H,28,29). The van der Waals surface area contributed by atoms with Gasteiger partial charge in [0, 0.05) is 37.9 Å². The van der Waals surface area contributed by atoms with Crippen LogP contribution in [-0.2, 0) is 19.5 Å². The lowest BCUT2D eigenvalue weighted by Crippen LogP contribution is -2.30. The van der Waals surface area contributed by atoms with Gasteiger partial charge in [0.1, 0.15) is 5.75 Å². The number of nitrogens with one attached hydrogen (secondary N) is 1. The first kappa shape index (κ1) is 22.1. The first-order chi connectivity index (χ1) is 17.3. The second-order valence-corrected chi connectivity index (χ2v) is 9.74. The van der Waals surface area contributed by atoms with Gasteiger partial charge in [-0.1, -0.05) is 25.3 Å². The van der Waals surface area contributed by atoms with Gasteiger partial charge in [-0.3, -0.25) is 4.90 Å². The molecule has 0 amide bonds. The number of furan rings is 1. The van der Waals surface area contributed by atoms with Gasteiger partial charge in [0.05, 0.1) is 13.4 Å². The average Bonchev–Trinajstić information content (AvgIpc) is 3.59. The molecule has 1 saturated carbocycles. The number of aromatic nitrogens is 4. The van der Waals surface area contributed by atoms with Crippen LogP contribution in [0.5, 0.6) is 5.75 Å². The molecule has 1 aromatic carbocycles. The fourth-order valence-electron chi connectivity index (χ4n) is 5.38. The highest BCUT2D eigenvalue weighted by Crippen LogP contribution is 2.27. The van der Waals surface area contributed by atoms with E-state index in [0.29, 0.717) is 17.5 Å². The van der Waals surface area contributed by atoms with Crippen molar-refractivity contribution >= 4 is 11.6 Å². The lowest BCUT2D eigenvalue weighted by atomic mass is 9.89. The fourth-order valence-corrected chi connectivity index (χ4v) is 5.38. The molecule has 6 rings (SSSR count). The van der Waals surface area contributed by atoms with E-state index in [2.05, 4.69) is 22.3 Å². The third kappa shape index (κ3) is 4.62. The summed E-state index contributed by atoms with van der Waals surface area (Å²) in [7, 11) is 1.72. The molecule has 4 aromatic rings. The SMILES string of the molecule is COc1ccc2c(c1)CN(Cc1cnc(NCC3CCCCC3)n3nc(-c4ccco4)nc13)CC2. The number of rotatable bonds is 7. The monoisotopic (exact) mass is 472 g/mol. The van der Waals surface area contributed by atoms with Gasteiger partial charge in [0.25, 0.3) is 0 Å². The molecule has 4 heterocycles. The van der Waals surface area contributed by atoms with Crippen LogP contribution in [0.3, 0.4) is 0 Å². The minimum absolute atomic E-state index is 0.582. The van der Waals surface area contributed by atoms with Crippen molar-refractivity contribution in [1.29, 1.82) is 0 Å². The van der Waals surface area contributed by atoms with Crippen molar-refractivity contribution < 1.29 is 9.15 Å². The van der Waals surface area contributed by atoms with E-state index in [1.165, 1.54) is 43.2 Å². The summed E-state index contributed by atoms with van der Waals surface area (Å²) in [4.78, 5) is 12.1. The van der Waals surface area contributed by atoms with Gasteiger partial charge in [-0.15, -0.1) is 5.10 Å². The van der Waals surface area contributed by atoms with E-state index >= 15 is 0 Å². The Morgan fingerprint density at radius 2 is 2.06 bits per heavy atom. The smallest absolute Gasteiger partial charge is 0.225 e. The molecular weight excluding hydrogens is 440 g/mol. The maximum atomic E-state index is 5.59. The number of hydrogen-bond acceptors (Lipinski definition) is 7. The first-order valence-electron chi connectivity index (χ1n) is 12.7. The number of fused-ring (bicyclic) bond motifs is 2. The molecule has 1 aliphatic heterocycles. The van der Waals surface area contributed by atoms with Gasteiger partial charge >= 0.3 is 0 Å². The van der Waals surface area contributed by atoms with Crippen LogP contribution < -0.4 is 10.1 Å². The fraction of sp³-hybridized carbons (Fsp3) is 0.444. The molecule has 3 aromatic heterocycles. The number of ether oxygens (including phenoxy) is 1. The minimum Gasteiger partial charge on any atom is -0.497 e. The Balaban J connectivity index is 1.28. The molecule has 35 heavy (non-hydrogen) atoms. The summed E-state index contributed by atoms with van der Waals surface area (Å²) in [5.41, 5.74) is 4.61. The number of methoxy groups -OCH3 is 1. The highest BCUT2D eigenvalue weighted by Gasteiger charge is 2.22. The first-order valence-corrected chi connectivity index (χ1v) is 12.7. The van der Waals surface area contributed by atoms with Gasteiger partial charge in [0.2, 0.25) is 11.8 Å². The number of nitrogens with zero attached hydrogens (tertiary/aromatic N) is 5. The molecule has 1 N–H and O–H groups in total. The summed E-state index contributed by atoms with van der Waals surface area (Å²) in [6.45, 7) is 3.54. The van der Waals surface area contributed by atoms with Gasteiger partial charge in [-0.2, -0.15) is 4.52 Å². The van der Waals surface area contributed by atoms with Crippen LogP contribution in [0, 0.1) is 5.92 Å². The third-order valence-corrected chi connectivity index (χ3v) is 7.35. The Kier molecular flexibility index (Phi) is 6.12. The average molecular weight is 473 g/mol. The predicted octanol–water partition coefficient (Wildman–Crippen LogP) is 4.94. The Morgan fingerprint density at radius 1 is 1.14 bits per heavy atom. The van der Waals surface area contributed by atoms with Crippen molar-refractivity contribution in [3.63, 3.8) is 0 Å². The molecule has 1 fully saturated rings. The zero-order valence-corrected chi connectivity index (χ0v) is 20.2. The van der Waals surface area contributed by atoms with Crippen LogP contribution in [0.2, 0.25) is 0 Å². The maximum Gasteiger partial charge on any atom is 0.225 e. The molecule has 0 atom stereocenters. The van der Waals surface area contributed by atoms with Crippen LogP contribution in [0.25, 0.3) is 17.2 Å². The summed E-state index contributed by atoms with van der Waals surface area (Å²) in [5.74, 6) is 3.59. The Bertz CT molecular complexity index is 1290. The van der Waals surface area contributed by atoms with Crippen molar-refractivity contribution in [3.8, 4) is 17.3 Å². The summed E-state index contributed by atoms with van der Waals surface area (Å²) < 4.78 is 12.9. The van der Waals surface area contributed by atoms with Gasteiger partial charge in [0.15, 0.2) is 11.4 Å². The van der Waals surface area contributed by atoms with E-state index in [1.807, 2.05) is 28.9 Å². The van der Waals surface area contributed by atoms with Gasteiger partial charge in [-0.25, -0.2) is 9.97 Å². The van der Waals surface area contributed by atoms with Crippen molar-refractivity contribution in [2.24, 2.45) is 5.92 Å². The third-order valence-electron chi connectivity index (χ3n) is 7.35. The van der Waals surface area contributed by atoms with Crippen molar-refractivity contribution in [3.05, 3.63) is 59.5 Å². The molecule has 8 nitrogen and oxygen atoms in total. The molecule has 0 spiro atoms. The van der Waals surface area contributed by atoms with Gasteiger partial charge < -0.3 is 14.5 Å². The normalized spacial score (nSPS) is 16.9. The number of anilines is 1. The minimum atomic E-state index is 0.582. The summed E-state index contributed by atoms with van der Waals surface area (Å²) in [6, 6.07) is 10.1. The van der Waals surface area contributed by atoms with Crippen molar-refractivity contribution in [1.82, 2.24) is 24.5 Å². The maximum absolute atomic E-state index is 5.59. The molecule has 0 radical (unpaired) electrons. The molecule has 1 aliphatic carbocycles. The molecule has 8 heteroatoms. The molecule has 182 valence electrons. The number of hydrogen-bond donors (Lipinski definition) is 1. The lowest BCUT2D eigenvalue weighted by Gasteiger charge is -2.29. The molecule has 0 saturated heterocycles. The van der Waals surface area contributed by atoms with Crippen LogP contribution in [0.15, 0.2) is 47.2 Å². The van der Waals surface area contributed by atoms with Crippen molar-refractivity contribution in [2.75, 3.05) is 25.5 Å². The topological polar surface area (TPSA) is 80.7 Å². The van der Waals surface area contributed by atoms with E-state index in [4.69, 9.17) is 24.2 Å². The molecule has 0 unspecified atom stereocenters. The number of benzene rings is 1. The van der Waals surface area contributed by atoms with Crippen LogP contribution in [-0.4, -0.2) is 44.7 Å². The zero-order chi connectivity index (χ0) is 23.6. The van der Waals surface area contributed by atoms with Crippen molar-refractivity contribution in [2.45, 2.75) is 51.6 Å². The highest BCUT2D eigenvalue weighted by molar-refractivity contribution is 5.58. The summed E-state index contributed by atoms with van der Waals surface area (Å²) >= 11 is 0. The lowest BCUT2D eigenvalue weighted by molar-refractivity contribution is 0.245. The summed E-state index contributed by atoms with van der Waals surface area (Å²) in [5, 5.41) is 8.35. The van der Waals surface area contributed by atoms with E-state index < -0.39 is 0 Å². The van der Waals surface area contributed by atoms with Crippen LogP contribution in [0.1, 0.15) is 48.8 Å². The summed E-state index contributed by atoms with van der Waals surface area (Å²) in [6.07, 6.45) is 11.2. The van der Waals surface area contributed by atoms with E-state index in [0.717, 1.165) is 55.5 Å². The Morgan fingerprint density at radius 3 is 2.89 bits per heavy atom. The quantitative estimate of drug-likeness (QED) is 0.408. The van der Waals surface area contributed by atoms with E-state index in [1.54, 1.807) is 13.4 Å². The molecule has 2 aliphatic rings. The van der Waals surface area contributed by atoms with Gasteiger partial charge in [-0.05, 0) is 60.6 Å². The Hall–Kier alpha value is -3.39. The van der Waals surface area contributed by atoms with E-state index in [-0.39, 0.29) is 0 Å². The molecule has 0 bridgehead atoms. The van der Waals surface area contributed by atoms with Crippen LogP contribution >= 0.6 is 0 Å². The predicted molar refractivity (Wildman–Crippen MR) is 134 cm³/mol. The highest BCUT2D eigenvalue weighted by atomic mass is 16.5. The molecular formula is C27H32N6O2. The second-order valence-electron chi connectivity index (χ2n) is 9.74. The Labute approximate surface area is 205 Å². The zero-order valence-electron chi connectivity index (χ0n) is 20.2.